The Balaban J connectivity index is 1.21. The zero-order valence-corrected chi connectivity index (χ0v) is 25.0. The third-order valence-electron chi connectivity index (χ3n) is 11.1. The van der Waals surface area contributed by atoms with Crippen molar-refractivity contribution < 1.29 is 29.4 Å². The topological polar surface area (TPSA) is 117 Å². The number of carbonyl (C=O) groups is 2. The second-order valence-electron chi connectivity index (χ2n) is 13.0. The average Bonchev–Trinajstić information content (AvgIpc) is 3.27. The molecule has 42 heavy (non-hydrogen) atoms. The molecular weight excluding hydrogens is 532 g/mol. The lowest BCUT2D eigenvalue weighted by atomic mass is 9.46. The number of hydrogen-bond donors (Lipinski definition) is 3. The maximum absolute atomic E-state index is 12.7. The Hall–Kier alpha value is -3.15. The first kappa shape index (κ1) is 30.3. The van der Waals surface area contributed by atoms with Gasteiger partial charge in [-0.1, -0.05) is 60.8 Å². The fourth-order valence-electron chi connectivity index (χ4n) is 8.63. The molecule has 0 saturated heterocycles. The predicted octanol–water partition coefficient (Wildman–Crippen LogP) is 4.47. The van der Waals surface area contributed by atoms with Crippen LogP contribution in [0.1, 0.15) is 83.8 Å². The summed E-state index contributed by atoms with van der Waals surface area (Å²) in [6, 6.07) is 7.39. The van der Waals surface area contributed by atoms with Crippen molar-refractivity contribution in [3.8, 4) is 12.3 Å². The lowest BCUT2D eigenvalue weighted by Crippen LogP contribution is -2.54. The highest BCUT2D eigenvalue weighted by atomic mass is 16.6. The minimum Gasteiger partial charge on any atom is -0.464 e. The number of carbonyl (C=O) groups excluding carboxylic acids is 2. The van der Waals surface area contributed by atoms with Crippen molar-refractivity contribution in [2.75, 3.05) is 13.2 Å². The quantitative estimate of drug-likeness (QED) is 0.239. The van der Waals surface area contributed by atoms with Crippen LogP contribution in [0.3, 0.4) is 0 Å². The van der Waals surface area contributed by atoms with Gasteiger partial charge in [0.25, 0.3) is 5.91 Å². The molecule has 8 atom stereocenters. The highest BCUT2D eigenvalue weighted by Crippen LogP contribution is 2.67. The molecule has 3 fully saturated rings. The van der Waals surface area contributed by atoms with E-state index >= 15 is 0 Å². The van der Waals surface area contributed by atoms with E-state index in [2.05, 4.69) is 36.3 Å². The second kappa shape index (κ2) is 11.9. The lowest BCUT2D eigenvalue weighted by molar-refractivity contribution is -0.151. The van der Waals surface area contributed by atoms with Gasteiger partial charge >= 0.3 is 5.97 Å². The third kappa shape index (κ3) is 5.26. The van der Waals surface area contributed by atoms with Gasteiger partial charge in [-0.15, -0.1) is 6.42 Å². The summed E-state index contributed by atoms with van der Waals surface area (Å²) >= 11 is 0. The van der Waals surface area contributed by atoms with Crippen LogP contribution in [0.2, 0.25) is 0 Å². The number of oxime groups is 1. The van der Waals surface area contributed by atoms with Crippen molar-refractivity contribution in [3.05, 3.63) is 47.5 Å². The Labute approximate surface area is 248 Å². The number of esters is 1. The summed E-state index contributed by atoms with van der Waals surface area (Å²) in [5.74, 6) is 3.03. The molecule has 3 saturated carbocycles. The lowest BCUT2D eigenvalue weighted by Gasteiger charge is -2.58. The Bertz CT molecular complexity index is 1290. The van der Waals surface area contributed by atoms with Gasteiger partial charge in [-0.25, -0.2) is 4.79 Å². The number of aliphatic hydroxyl groups excluding tert-OH is 1. The van der Waals surface area contributed by atoms with Gasteiger partial charge in [-0.3, -0.25) is 4.79 Å². The number of nitrogens with zero attached hydrogens (tertiary/aromatic N) is 1. The molecule has 1 aromatic rings. The standard InChI is InChI=1S/C34H44N2O6/c1-5-34(40)19-16-27-25-13-12-23-20-24(14-17-32(23,3)26(25)15-18-33(27,34)4)36-42-21-28(37)35-29(31(39)41-6-2)30(38)22-10-8-7-9-11-22/h1,7-11,20,25-27,29-30,38,40H,6,12-19,21H2,2-4H3,(H,35,37)/t25-,26+,27-,29-,30+,32-,33-,34-/m1/s1. The van der Waals surface area contributed by atoms with E-state index in [1.807, 2.05) is 0 Å². The van der Waals surface area contributed by atoms with Gasteiger partial charge in [0.2, 0.25) is 0 Å². The van der Waals surface area contributed by atoms with E-state index in [0.717, 1.165) is 50.7 Å². The second-order valence-corrected chi connectivity index (χ2v) is 13.0. The van der Waals surface area contributed by atoms with Crippen LogP contribution in [0.5, 0.6) is 0 Å². The largest absolute Gasteiger partial charge is 0.464 e. The summed E-state index contributed by atoms with van der Waals surface area (Å²) in [6.45, 7) is 6.01. The molecule has 8 heteroatoms. The van der Waals surface area contributed by atoms with Crippen LogP contribution < -0.4 is 5.32 Å². The maximum Gasteiger partial charge on any atom is 0.331 e. The average molecular weight is 577 g/mol. The van der Waals surface area contributed by atoms with Gasteiger partial charge in [0.15, 0.2) is 12.6 Å². The fourth-order valence-corrected chi connectivity index (χ4v) is 8.63. The van der Waals surface area contributed by atoms with Crippen molar-refractivity contribution in [3.63, 3.8) is 0 Å². The van der Waals surface area contributed by atoms with Crippen molar-refractivity contribution in [1.29, 1.82) is 0 Å². The number of ether oxygens (including phenoxy) is 1. The van der Waals surface area contributed by atoms with Crippen molar-refractivity contribution in [2.45, 2.75) is 89.9 Å². The Morgan fingerprint density at radius 2 is 1.86 bits per heavy atom. The molecular formula is C34H44N2O6. The molecule has 4 aliphatic carbocycles. The Morgan fingerprint density at radius 3 is 2.57 bits per heavy atom. The number of rotatable bonds is 8. The zero-order valence-electron chi connectivity index (χ0n) is 25.0. The molecule has 0 heterocycles. The van der Waals surface area contributed by atoms with Crippen LogP contribution in [0.25, 0.3) is 0 Å². The molecule has 1 aromatic carbocycles. The smallest absolute Gasteiger partial charge is 0.331 e. The summed E-state index contributed by atoms with van der Waals surface area (Å²) in [7, 11) is 0. The first-order chi connectivity index (χ1) is 20.1. The number of nitrogens with one attached hydrogen (secondary N) is 1. The molecule has 0 bridgehead atoms. The van der Waals surface area contributed by atoms with Crippen LogP contribution in [-0.2, 0) is 19.2 Å². The molecule has 0 aliphatic heterocycles. The van der Waals surface area contributed by atoms with Crippen LogP contribution in [0.4, 0.5) is 0 Å². The van der Waals surface area contributed by atoms with Gasteiger partial charge in [0.05, 0.1) is 12.3 Å². The number of fused-ring (bicyclic) bond motifs is 5. The molecule has 0 unspecified atom stereocenters. The van der Waals surface area contributed by atoms with Crippen molar-refractivity contribution in [1.82, 2.24) is 5.32 Å². The number of amides is 1. The Kier molecular flexibility index (Phi) is 8.55. The number of aliphatic hydroxyl groups is 2. The van der Waals surface area contributed by atoms with E-state index in [9.17, 15) is 19.8 Å². The minimum atomic E-state index is -1.27. The SMILES string of the molecule is C#C[C@@]1(O)CC[C@@H]2[C@@H]3CCC4=CC(=NOCC(=O)N[C@@H](C(=O)OCC)[C@@H](O)c5ccccc5)CC[C@@]4(C)[C@H]3CC[C@]21C. The molecule has 8 nitrogen and oxygen atoms in total. The van der Waals surface area contributed by atoms with Crippen LogP contribution in [-0.4, -0.2) is 52.7 Å². The normalized spacial score (nSPS) is 35.9. The molecule has 4 aliphatic rings. The highest BCUT2D eigenvalue weighted by Gasteiger charge is 2.63. The third-order valence-corrected chi connectivity index (χ3v) is 11.1. The molecule has 3 N–H and O–H groups in total. The number of allylic oxidation sites excluding steroid dienone is 2. The summed E-state index contributed by atoms with van der Waals surface area (Å²) in [4.78, 5) is 30.6. The van der Waals surface area contributed by atoms with E-state index in [1.54, 1.807) is 37.3 Å². The van der Waals surface area contributed by atoms with E-state index in [-0.39, 0.29) is 24.0 Å². The summed E-state index contributed by atoms with van der Waals surface area (Å²) in [5.41, 5.74) is 1.57. The summed E-state index contributed by atoms with van der Waals surface area (Å²) in [6.07, 6.45) is 14.2. The van der Waals surface area contributed by atoms with Crippen LogP contribution >= 0.6 is 0 Å². The van der Waals surface area contributed by atoms with Crippen LogP contribution in [0.15, 0.2) is 47.1 Å². The van der Waals surface area contributed by atoms with Crippen molar-refractivity contribution >= 4 is 17.6 Å². The van der Waals surface area contributed by atoms with Gasteiger partial charge in [-0.2, -0.15) is 0 Å². The molecule has 226 valence electrons. The molecule has 0 aromatic heterocycles. The monoisotopic (exact) mass is 576 g/mol. The van der Waals surface area contributed by atoms with Crippen molar-refractivity contribution in [2.24, 2.45) is 33.7 Å². The highest BCUT2D eigenvalue weighted by molar-refractivity contribution is 5.96. The molecule has 0 radical (unpaired) electrons. The van der Waals surface area contributed by atoms with E-state index in [4.69, 9.17) is 16.0 Å². The van der Waals surface area contributed by atoms with Gasteiger partial charge in [-0.05, 0) is 93.1 Å². The first-order valence-corrected chi connectivity index (χ1v) is 15.4. The van der Waals surface area contributed by atoms with E-state index in [0.29, 0.717) is 29.7 Å². The number of terminal acetylenes is 1. The molecule has 1 amide bonds. The summed E-state index contributed by atoms with van der Waals surface area (Å²) < 4.78 is 5.08. The predicted molar refractivity (Wildman–Crippen MR) is 159 cm³/mol. The minimum absolute atomic E-state index is 0.0813. The number of hydrogen-bond acceptors (Lipinski definition) is 7. The zero-order chi connectivity index (χ0) is 30.1. The van der Waals surface area contributed by atoms with Crippen LogP contribution in [0, 0.1) is 40.9 Å². The molecule has 0 spiro atoms. The van der Waals surface area contributed by atoms with E-state index in [1.165, 1.54) is 5.57 Å². The maximum atomic E-state index is 12.7. The first-order valence-electron chi connectivity index (χ1n) is 15.4. The fraction of sp³-hybridized carbons (Fsp3) is 0.618. The van der Waals surface area contributed by atoms with Gasteiger partial charge < -0.3 is 25.1 Å². The van der Waals surface area contributed by atoms with Gasteiger partial charge in [0.1, 0.15) is 11.7 Å². The Morgan fingerprint density at radius 1 is 1.12 bits per heavy atom. The summed E-state index contributed by atoms with van der Waals surface area (Å²) in [5, 5.41) is 28.8. The number of benzene rings is 1. The van der Waals surface area contributed by atoms with Gasteiger partial charge in [0, 0.05) is 5.41 Å². The van der Waals surface area contributed by atoms with E-state index < -0.39 is 29.6 Å². The molecule has 5 rings (SSSR count).